The number of nitrogens with zero attached hydrogens (tertiary/aromatic N) is 4. The Morgan fingerprint density at radius 1 is 0.865 bits per heavy atom. The first kappa shape index (κ1) is 24.0. The van der Waals surface area contributed by atoms with Gasteiger partial charge in [-0.05, 0) is 67.9 Å². The van der Waals surface area contributed by atoms with Crippen LogP contribution in [0.2, 0.25) is 0 Å². The second-order valence-electron chi connectivity index (χ2n) is 8.66. The third kappa shape index (κ3) is 4.98. The number of aromatic nitrogens is 4. The van der Waals surface area contributed by atoms with Crippen LogP contribution >= 0.6 is 0 Å². The Morgan fingerprint density at radius 3 is 2.46 bits per heavy atom. The second-order valence-corrected chi connectivity index (χ2v) is 8.66. The van der Waals surface area contributed by atoms with Crippen molar-refractivity contribution in [2.24, 2.45) is 0 Å². The highest BCUT2D eigenvalue weighted by Crippen LogP contribution is 2.33. The van der Waals surface area contributed by atoms with E-state index in [-0.39, 0.29) is 17.5 Å². The molecule has 0 radical (unpaired) electrons. The van der Waals surface area contributed by atoms with Crippen molar-refractivity contribution >= 4 is 45.3 Å². The minimum absolute atomic E-state index is 0.0193. The van der Waals surface area contributed by atoms with Crippen molar-refractivity contribution in [3.05, 3.63) is 84.4 Å². The maximum absolute atomic E-state index is 13.1. The van der Waals surface area contributed by atoms with Crippen molar-refractivity contribution in [1.82, 2.24) is 25.3 Å². The zero-order valence-corrected chi connectivity index (χ0v) is 20.6. The van der Waals surface area contributed by atoms with Crippen LogP contribution in [-0.4, -0.2) is 44.8 Å². The number of hydrogen-bond donors (Lipinski definition) is 3. The molecule has 9 nitrogen and oxygen atoms in total. The summed E-state index contributed by atoms with van der Waals surface area (Å²) in [5, 5.41) is 10.3. The molecular weight excluding hydrogens is 466 g/mol. The van der Waals surface area contributed by atoms with Crippen molar-refractivity contribution in [1.29, 1.82) is 0 Å². The third-order valence-electron chi connectivity index (χ3n) is 6.12. The topological polar surface area (TPSA) is 122 Å². The Morgan fingerprint density at radius 2 is 1.65 bits per heavy atom. The molecule has 0 spiro atoms. The van der Waals surface area contributed by atoms with Gasteiger partial charge in [0.2, 0.25) is 11.7 Å². The standard InChI is InChI=1S/C28H25N7O2/c1-16-10-11-22-20(8-6-12-30-22)25(16)19-13-23(34-27(36)17(2)29-3)33-24(14-19)35-28(37)26-31-15-18-7-4-5-9-21(18)32-26/h4-15,17,29H,1-3H3,(H2,33,34,35,36,37). The van der Waals surface area contributed by atoms with Crippen molar-refractivity contribution in [3.63, 3.8) is 0 Å². The maximum Gasteiger partial charge on any atom is 0.294 e. The van der Waals surface area contributed by atoms with E-state index < -0.39 is 11.9 Å². The minimum Gasteiger partial charge on any atom is -0.309 e. The Hall–Kier alpha value is -4.76. The van der Waals surface area contributed by atoms with Gasteiger partial charge in [0.1, 0.15) is 11.6 Å². The van der Waals surface area contributed by atoms with E-state index in [2.05, 4.69) is 35.9 Å². The van der Waals surface area contributed by atoms with Crippen LogP contribution in [0.1, 0.15) is 23.1 Å². The number of carbonyl (C=O) groups excluding carboxylic acids is 2. The number of para-hydroxylation sites is 1. The molecule has 184 valence electrons. The average Bonchev–Trinajstić information content (AvgIpc) is 2.92. The highest BCUT2D eigenvalue weighted by atomic mass is 16.2. The van der Waals surface area contributed by atoms with Crippen LogP contribution in [0.15, 0.2) is 73.1 Å². The SMILES string of the molecule is CNC(C)C(=O)Nc1cc(-c2c(C)ccc3ncccc23)cc(NC(=O)c2ncc3ccccc3n2)n1. The van der Waals surface area contributed by atoms with Gasteiger partial charge in [0.05, 0.1) is 17.1 Å². The number of benzene rings is 2. The van der Waals surface area contributed by atoms with Gasteiger partial charge in [-0.2, -0.15) is 0 Å². The lowest BCUT2D eigenvalue weighted by molar-refractivity contribution is -0.117. The van der Waals surface area contributed by atoms with Gasteiger partial charge in [0.15, 0.2) is 0 Å². The summed E-state index contributed by atoms with van der Waals surface area (Å²) in [5.74, 6) is -0.177. The number of fused-ring (bicyclic) bond motifs is 2. The Balaban J connectivity index is 1.57. The molecule has 3 heterocycles. The fraction of sp³-hybridized carbons (Fsp3) is 0.143. The number of aryl methyl sites for hydroxylation is 1. The average molecular weight is 492 g/mol. The van der Waals surface area contributed by atoms with Gasteiger partial charge in [-0.1, -0.05) is 30.3 Å². The minimum atomic E-state index is -0.507. The van der Waals surface area contributed by atoms with Crippen molar-refractivity contribution in [3.8, 4) is 11.1 Å². The lowest BCUT2D eigenvalue weighted by Gasteiger charge is -2.15. The summed E-state index contributed by atoms with van der Waals surface area (Å²) in [7, 11) is 1.70. The number of amides is 2. The molecular formula is C28H25N7O2. The van der Waals surface area contributed by atoms with Gasteiger partial charge in [0.25, 0.3) is 5.91 Å². The molecule has 0 saturated heterocycles. The van der Waals surface area contributed by atoms with E-state index in [0.29, 0.717) is 11.3 Å². The van der Waals surface area contributed by atoms with Crippen LogP contribution in [-0.2, 0) is 4.79 Å². The molecule has 2 amide bonds. The lowest BCUT2D eigenvalue weighted by Crippen LogP contribution is -2.35. The molecule has 37 heavy (non-hydrogen) atoms. The van der Waals surface area contributed by atoms with Crippen LogP contribution < -0.4 is 16.0 Å². The van der Waals surface area contributed by atoms with Crippen molar-refractivity contribution in [2.45, 2.75) is 19.9 Å². The Bertz CT molecular complexity index is 1650. The van der Waals surface area contributed by atoms with Crippen molar-refractivity contribution < 1.29 is 9.59 Å². The predicted molar refractivity (Wildman–Crippen MR) is 144 cm³/mol. The number of hydrogen-bond acceptors (Lipinski definition) is 7. The summed E-state index contributed by atoms with van der Waals surface area (Å²) in [6.45, 7) is 3.75. The van der Waals surface area contributed by atoms with Crippen LogP contribution in [0.25, 0.3) is 32.9 Å². The van der Waals surface area contributed by atoms with Gasteiger partial charge in [-0.3, -0.25) is 14.6 Å². The van der Waals surface area contributed by atoms with Crippen molar-refractivity contribution in [2.75, 3.05) is 17.7 Å². The van der Waals surface area contributed by atoms with Gasteiger partial charge in [0, 0.05) is 23.2 Å². The van der Waals surface area contributed by atoms with E-state index in [1.54, 1.807) is 38.5 Å². The molecule has 0 saturated carbocycles. The van der Waals surface area contributed by atoms with Crippen LogP contribution in [0.5, 0.6) is 0 Å². The van der Waals surface area contributed by atoms with E-state index in [9.17, 15) is 9.59 Å². The highest BCUT2D eigenvalue weighted by molar-refractivity contribution is 6.04. The van der Waals surface area contributed by atoms with Gasteiger partial charge < -0.3 is 16.0 Å². The quantitative estimate of drug-likeness (QED) is 0.323. The first-order valence-electron chi connectivity index (χ1n) is 11.8. The molecule has 0 aliphatic heterocycles. The molecule has 5 rings (SSSR count). The largest absolute Gasteiger partial charge is 0.309 e. The molecule has 0 aliphatic carbocycles. The normalized spacial score (nSPS) is 11.9. The predicted octanol–water partition coefficient (Wildman–Crippen LogP) is 4.35. The first-order valence-corrected chi connectivity index (χ1v) is 11.8. The van der Waals surface area contributed by atoms with Crippen LogP contribution in [0.3, 0.4) is 0 Å². The van der Waals surface area contributed by atoms with E-state index in [4.69, 9.17) is 0 Å². The van der Waals surface area contributed by atoms with E-state index in [1.165, 1.54) is 0 Å². The summed E-state index contributed by atoms with van der Waals surface area (Å²) in [4.78, 5) is 43.2. The molecule has 5 aromatic rings. The molecule has 1 unspecified atom stereocenters. The van der Waals surface area contributed by atoms with Gasteiger partial charge in [-0.25, -0.2) is 15.0 Å². The molecule has 1 atom stereocenters. The van der Waals surface area contributed by atoms with Crippen LogP contribution in [0, 0.1) is 6.92 Å². The summed E-state index contributed by atoms with van der Waals surface area (Å²) in [5.41, 5.74) is 4.22. The van der Waals surface area contributed by atoms with E-state index in [1.807, 2.05) is 55.5 Å². The number of likely N-dealkylation sites (N-methyl/N-ethyl adjacent to an activating group) is 1. The molecule has 3 N–H and O–H groups in total. The lowest BCUT2D eigenvalue weighted by atomic mass is 9.96. The first-order chi connectivity index (χ1) is 17.9. The molecule has 0 fully saturated rings. The Labute approximate surface area is 213 Å². The molecule has 2 aromatic carbocycles. The molecule has 0 bridgehead atoms. The fourth-order valence-corrected chi connectivity index (χ4v) is 4.07. The summed E-state index contributed by atoms with van der Waals surface area (Å²) in [6, 6.07) is 18.4. The molecule has 9 heteroatoms. The summed E-state index contributed by atoms with van der Waals surface area (Å²) >= 11 is 0. The number of anilines is 2. The monoisotopic (exact) mass is 491 g/mol. The summed E-state index contributed by atoms with van der Waals surface area (Å²) < 4.78 is 0. The van der Waals surface area contributed by atoms with Gasteiger partial charge in [-0.15, -0.1) is 0 Å². The van der Waals surface area contributed by atoms with E-state index >= 15 is 0 Å². The summed E-state index contributed by atoms with van der Waals surface area (Å²) in [6.07, 6.45) is 3.35. The number of rotatable bonds is 6. The maximum atomic E-state index is 13.1. The Kier molecular flexibility index (Phi) is 6.53. The zero-order valence-electron chi connectivity index (χ0n) is 20.6. The highest BCUT2D eigenvalue weighted by Gasteiger charge is 2.17. The molecule has 0 aliphatic rings. The second kappa shape index (κ2) is 10.1. The zero-order chi connectivity index (χ0) is 25.9. The smallest absolute Gasteiger partial charge is 0.294 e. The van der Waals surface area contributed by atoms with Gasteiger partial charge >= 0.3 is 0 Å². The number of nitrogens with one attached hydrogen (secondary N) is 3. The number of pyridine rings is 2. The van der Waals surface area contributed by atoms with Crippen LogP contribution in [0.4, 0.5) is 11.6 Å². The number of carbonyl (C=O) groups is 2. The van der Waals surface area contributed by atoms with E-state index in [0.717, 1.165) is 33.0 Å². The fourth-order valence-electron chi connectivity index (χ4n) is 4.07. The molecule has 3 aromatic heterocycles. The third-order valence-corrected chi connectivity index (χ3v) is 6.12.